The molecule has 0 bridgehead atoms. The molecule has 1 aromatic heterocycles. The van der Waals surface area contributed by atoms with Crippen molar-refractivity contribution in [2.24, 2.45) is 5.92 Å². The Hall–Kier alpha value is -3.19. The summed E-state index contributed by atoms with van der Waals surface area (Å²) in [6.45, 7) is 5.73. The van der Waals surface area contributed by atoms with Crippen molar-refractivity contribution in [2.75, 3.05) is 13.2 Å². The molecule has 0 saturated carbocycles. The minimum absolute atomic E-state index is 0.190. The van der Waals surface area contributed by atoms with Crippen LogP contribution in [-0.4, -0.2) is 30.9 Å². The molecule has 33 heavy (non-hydrogen) atoms. The summed E-state index contributed by atoms with van der Waals surface area (Å²) in [5.74, 6) is -3.21. The maximum atomic E-state index is 14.0. The fourth-order valence-electron chi connectivity index (χ4n) is 4.77. The average Bonchev–Trinajstić information content (AvgIpc) is 3.33. The molecule has 172 valence electrons. The molecule has 0 radical (unpaired) electrons. The lowest BCUT2D eigenvalue weighted by Gasteiger charge is -2.39. The Morgan fingerprint density at radius 1 is 1.06 bits per heavy atom. The number of ether oxygens (including phenoxy) is 2. The summed E-state index contributed by atoms with van der Waals surface area (Å²) in [6.07, 6.45) is 0.462. The Bertz CT molecular complexity index is 1120. The molecule has 1 N–H and O–H groups in total. The maximum Gasteiger partial charge on any atom is 0.336 e. The Balaban J connectivity index is 1.86. The first-order valence-corrected chi connectivity index (χ1v) is 12.0. The lowest BCUT2D eigenvalue weighted by Crippen LogP contribution is -2.43. The number of benzene rings is 1. The Kier molecular flexibility index (Phi) is 6.79. The highest BCUT2D eigenvalue weighted by Gasteiger charge is 2.49. The number of ketones is 1. The molecule has 1 aromatic carbocycles. The topological polar surface area (TPSA) is 81.7 Å². The van der Waals surface area contributed by atoms with Crippen LogP contribution in [0.1, 0.15) is 49.5 Å². The van der Waals surface area contributed by atoms with Crippen molar-refractivity contribution >= 4 is 29.1 Å². The van der Waals surface area contributed by atoms with Crippen molar-refractivity contribution in [1.82, 2.24) is 5.32 Å². The van der Waals surface area contributed by atoms with Gasteiger partial charge in [-0.15, -0.1) is 11.3 Å². The normalized spacial score (nSPS) is 22.5. The first-order valence-electron chi connectivity index (χ1n) is 11.1. The van der Waals surface area contributed by atoms with Gasteiger partial charge in [0.25, 0.3) is 0 Å². The molecule has 2 heterocycles. The Labute approximate surface area is 197 Å². The van der Waals surface area contributed by atoms with Gasteiger partial charge < -0.3 is 14.8 Å². The maximum absolute atomic E-state index is 14.0. The van der Waals surface area contributed by atoms with Crippen LogP contribution in [0.2, 0.25) is 0 Å². The number of carbonyl (C=O) groups is 3. The summed E-state index contributed by atoms with van der Waals surface area (Å²) >= 11 is 1.47. The molecule has 0 amide bonds. The third-order valence-corrected chi connectivity index (χ3v) is 7.05. The number of thiophene rings is 1. The van der Waals surface area contributed by atoms with Crippen molar-refractivity contribution in [3.05, 3.63) is 80.8 Å². The summed E-state index contributed by atoms with van der Waals surface area (Å²) in [7, 11) is 0. The molecule has 1 aliphatic carbocycles. The molecule has 0 spiro atoms. The number of dihydropyridines is 1. The number of allylic oxidation sites excluding steroid dienone is 3. The fourth-order valence-corrected chi connectivity index (χ4v) is 5.61. The molecule has 3 atom stereocenters. The van der Waals surface area contributed by atoms with E-state index >= 15 is 0 Å². The van der Waals surface area contributed by atoms with Crippen LogP contribution in [0.15, 0.2) is 70.4 Å². The quantitative estimate of drug-likeness (QED) is 0.501. The second-order valence-corrected chi connectivity index (χ2v) is 9.02. The molecule has 2 aromatic rings. The first kappa shape index (κ1) is 23.0. The van der Waals surface area contributed by atoms with Crippen LogP contribution in [0.4, 0.5) is 0 Å². The van der Waals surface area contributed by atoms with Crippen molar-refractivity contribution in [3.8, 4) is 0 Å². The number of hydrogen-bond donors (Lipinski definition) is 1. The lowest BCUT2D eigenvalue weighted by molar-refractivity contribution is -0.152. The number of rotatable bonds is 6. The molecular weight excluding hydrogens is 438 g/mol. The largest absolute Gasteiger partial charge is 0.465 e. The van der Waals surface area contributed by atoms with Crippen LogP contribution in [-0.2, 0) is 23.9 Å². The minimum atomic E-state index is -0.975. The molecule has 3 unspecified atom stereocenters. The minimum Gasteiger partial charge on any atom is -0.465 e. The average molecular weight is 466 g/mol. The Morgan fingerprint density at radius 3 is 2.42 bits per heavy atom. The number of nitrogens with one attached hydrogen (secondary N) is 1. The molecule has 7 heteroatoms. The van der Waals surface area contributed by atoms with E-state index in [-0.39, 0.29) is 24.9 Å². The number of carbonyl (C=O) groups excluding carboxylic acids is 3. The summed E-state index contributed by atoms with van der Waals surface area (Å²) in [6, 6.07) is 13.4. The summed E-state index contributed by atoms with van der Waals surface area (Å²) in [4.78, 5) is 40.9. The van der Waals surface area contributed by atoms with Crippen LogP contribution in [0.3, 0.4) is 0 Å². The molecule has 4 rings (SSSR count). The zero-order valence-electron chi connectivity index (χ0n) is 18.9. The van der Waals surface area contributed by atoms with Crippen LogP contribution in [0.5, 0.6) is 0 Å². The van der Waals surface area contributed by atoms with E-state index in [0.717, 1.165) is 16.1 Å². The fraction of sp³-hybridized carbons (Fsp3) is 0.346. The van der Waals surface area contributed by atoms with E-state index < -0.39 is 23.8 Å². The molecule has 0 fully saturated rings. The van der Waals surface area contributed by atoms with E-state index in [2.05, 4.69) is 5.32 Å². The van der Waals surface area contributed by atoms with Crippen molar-refractivity contribution < 1.29 is 23.9 Å². The highest BCUT2D eigenvalue weighted by molar-refractivity contribution is 7.10. The van der Waals surface area contributed by atoms with E-state index in [1.54, 1.807) is 13.8 Å². The SMILES string of the molecule is CCOC(=O)C1=C(C)NC2=C(C(=O)C(C(=O)OCC)C(c3ccccc3)C2)C1c1cccs1. The van der Waals surface area contributed by atoms with E-state index in [1.165, 1.54) is 11.3 Å². The van der Waals surface area contributed by atoms with E-state index in [4.69, 9.17) is 9.47 Å². The summed E-state index contributed by atoms with van der Waals surface area (Å²) in [5.41, 5.74) is 3.18. The van der Waals surface area contributed by atoms with E-state index in [0.29, 0.717) is 23.3 Å². The third kappa shape index (κ3) is 4.25. The molecule has 2 aliphatic rings. The van der Waals surface area contributed by atoms with Crippen molar-refractivity contribution in [1.29, 1.82) is 0 Å². The lowest BCUT2D eigenvalue weighted by atomic mass is 9.68. The molecule has 6 nitrogen and oxygen atoms in total. The first-order chi connectivity index (χ1) is 16.0. The zero-order valence-corrected chi connectivity index (χ0v) is 19.7. The van der Waals surface area contributed by atoms with Gasteiger partial charge in [-0.25, -0.2) is 4.79 Å². The van der Waals surface area contributed by atoms with Crippen LogP contribution >= 0.6 is 11.3 Å². The van der Waals surface area contributed by atoms with Gasteiger partial charge in [0, 0.05) is 27.8 Å². The van der Waals surface area contributed by atoms with Gasteiger partial charge in [-0.3, -0.25) is 9.59 Å². The Morgan fingerprint density at radius 2 is 1.79 bits per heavy atom. The van der Waals surface area contributed by atoms with Gasteiger partial charge in [-0.2, -0.15) is 0 Å². The second kappa shape index (κ2) is 9.75. The van der Waals surface area contributed by atoms with E-state index in [9.17, 15) is 14.4 Å². The van der Waals surface area contributed by atoms with Gasteiger partial charge in [0.1, 0.15) is 5.92 Å². The highest BCUT2D eigenvalue weighted by Crippen LogP contribution is 2.48. The molecular formula is C26H27NO5S. The van der Waals surface area contributed by atoms with Crippen molar-refractivity contribution in [3.63, 3.8) is 0 Å². The number of Topliss-reactive ketones (excluding diaryl/α,β-unsaturated/α-hetero) is 1. The van der Waals surface area contributed by atoms with Gasteiger partial charge in [0.2, 0.25) is 0 Å². The van der Waals surface area contributed by atoms with Gasteiger partial charge in [-0.05, 0) is 44.2 Å². The number of hydrogen-bond acceptors (Lipinski definition) is 7. The van der Waals surface area contributed by atoms with Crippen LogP contribution in [0.25, 0.3) is 0 Å². The predicted octanol–water partition coefficient (Wildman–Crippen LogP) is 4.46. The highest BCUT2D eigenvalue weighted by atomic mass is 32.1. The third-order valence-electron chi connectivity index (χ3n) is 6.11. The van der Waals surface area contributed by atoms with Gasteiger partial charge >= 0.3 is 11.9 Å². The number of esters is 2. The van der Waals surface area contributed by atoms with Crippen LogP contribution in [0, 0.1) is 5.92 Å². The summed E-state index contributed by atoms with van der Waals surface area (Å²) < 4.78 is 10.7. The molecule has 0 saturated heterocycles. The van der Waals surface area contributed by atoms with E-state index in [1.807, 2.05) is 54.8 Å². The van der Waals surface area contributed by atoms with Gasteiger partial charge in [0.15, 0.2) is 5.78 Å². The smallest absolute Gasteiger partial charge is 0.336 e. The second-order valence-electron chi connectivity index (χ2n) is 8.04. The predicted molar refractivity (Wildman–Crippen MR) is 125 cm³/mol. The zero-order chi connectivity index (χ0) is 23.5. The molecule has 1 aliphatic heterocycles. The van der Waals surface area contributed by atoms with Gasteiger partial charge in [-0.1, -0.05) is 36.4 Å². The standard InChI is InChI=1S/C26H27NO5S/c1-4-31-25(29)20-15(3)27-18-14-17(16-10-7-6-8-11-16)21(26(30)32-5-2)24(28)22(18)23(20)19-12-9-13-33-19/h6-13,17,21,23,27H,4-5,14H2,1-3H3. The van der Waals surface area contributed by atoms with Crippen molar-refractivity contribution in [2.45, 2.75) is 39.0 Å². The van der Waals surface area contributed by atoms with Crippen LogP contribution < -0.4 is 5.32 Å². The summed E-state index contributed by atoms with van der Waals surface area (Å²) in [5, 5.41) is 5.23. The van der Waals surface area contributed by atoms with Gasteiger partial charge in [0.05, 0.1) is 24.7 Å². The monoisotopic (exact) mass is 465 g/mol.